The lowest BCUT2D eigenvalue weighted by molar-refractivity contribution is 0.579. The van der Waals surface area contributed by atoms with Gasteiger partial charge in [-0.1, -0.05) is 30.3 Å². The number of hydrogen-bond acceptors (Lipinski definition) is 3. The normalized spacial score (nSPS) is 11.6. The summed E-state index contributed by atoms with van der Waals surface area (Å²) in [6.45, 7) is 0. The summed E-state index contributed by atoms with van der Waals surface area (Å²) in [5, 5.41) is 0. The summed E-state index contributed by atoms with van der Waals surface area (Å²) in [6.07, 6.45) is 2.75. The Morgan fingerprint density at radius 3 is 2.56 bits per heavy atom. The maximum absolute atomic E-state index is 11.5. The molecular weight excluding hydrogens is 226 g/mol. The Balaban J connectivity index is 2.42. The highest BCUT2D eigenvalue weighted by molar-refractivity contribution is 7.87. The lowest BCUT2D eigenvalue weighted by Crippen LogP contribution is -2.24. The fraction of sp³-hybridized carbons (Fsp3) is 0.100. The van der Waals surface area contributed by atoms with Gasteiger partial charge in [0.05, 0.1) is 5.69 Å². The molecule has 0 aliphatic heterocycles. The van der Waals surface area contributed by atoms with Gasteiger partial charge >= 0.3 is 10.2 Å². The van der Waals surface area contributed by atoms with Crippen molar-refractivity contribution < 1.29 is 8.42 Å². The van der Waals surface area contributed by atoms with Crippen molar-refractivity contribution in [2.75, 3.05) is 7.05 Å². The van der Waals surface area contributed by atoms with Crippen LogP contribution in [0, 0.1) is 0 Å². The third-order valence-electron chi connectivity index (χ3n) is 2.17. The highest BCUT2D eigenvalue weighted by Gasteiger charge is 2.11. The van der Waals surface area contributed by atoms with Gasteiger partial charge in [-0.3, -0.25) is 0 Å². The van der Waals surface area contributed by atoms with Crippen LogP contribution >= 0.6 is 0 Å². The molecule has 0 bridgehead atoms. The number of benzene rings is 1. The zero-order chi connectivity index (χ0) is 11.6. The van der Waals surface area contributed by atoms with Crippen LogP contribution in [0.15, 0.2) is 42.9 Å². The van der Waals surface area contributed by atoms with E-state index in [1.807, 2.05) is 30.3 Å². The van der Waals surface area contributed by atoms with E-state index in [2.05, 4.69) is 9.71 Å². The summed E-state index contributed by atoms with van der Waals surface area (Å²) < 4.78 is 26.2. The summed E-state index contributed by atoms with van der Waals surface area (Å²) in [7, 11) is -2.12. The molecule has 2 aromatic rings. The molecular formula is C10H11N3O2S. The minimum absolute atomic E-state index is 0.624. The average Bonchev–Trinajstić information content (AvgIpc) is 2.80. The van der Waals surface area contributed by atoms with Gasteiger partial charge < -0.3 is 0 Å². The predicted molar refractivity (Wildman–Crippen MR) is 61.0 cm³/mol. The molecule has 6 heteroatoms. The van der Waals surface area contributed by atoms with Crippen LogP contribution in [0.4, 0.5) is 0 Å². The number of imidazole rings is 1. The Bertz CT molecular complexity index is 575. The lowest BCUT2D eigenvalue weighted by Gasteiger charge is -2.00. The zero-order valence-corrected chi connectivity index (χ0v) is 9.48. The van der Waals surface area contributed by atoms with Gasteiger partial charge in [-0.05, 0) is 0 Å². The van der Waals surface area contributed by atoms with E-state index in [1.165, 1.54) is 19.6 Å². The van der Waals surface area contributed by atoms with Crippen molar-refractivity contribution in [3.8, 4) is 11.3 Å². The fourth-order valence-corrected chi connectivity index (χ4v) is 1.92. The Morgan fingerprint density at radius 1 is 1.25 bits per heavy atom. The molecule has 0 atom stereocenters. The molecule has 2 rings (SSSR count). The maximum atomic E-state index is 11.5. The fourth-order valence-electron chi connectivity index (χ4n) is 1.30. The van der Waals surface area contributed by atoms with Gasteiger partial charge in [0.2, 0.25) is 0 Å². The average molecular weight is 237 g/mol. The van der Waals surface area contributed by atoms with Crippen molar-refractivity contribution in [3.05, 3.63) is 42.9 Å². The molecule has 16 heavy (non-hydrogen) atoms. The molecule has 0 aliphatic carbocycles. The third kappa shape index (κ3) is 1.98. The van der Waals surface area contributed by atoms with Crippen molar-refractivity contribution in [1.82, 2.24) is 13.7 Å². The first-order valence-corrected chi connectivity index (χ1v) is 6.11. The van der Waals surface area contributed by atoms with Crippen molar-refractivity contribution >= 4 is 10.2 Å². The number of nitrogens with one attached hydrogen (secondary N) is 1. The second-order valence-corrected chi connectivity index (χ2v) is 4.94. The molecule has 84 valence electrons. The maximum Gasteiger partial charge on any atom is 0.305 e. The molecule has 0 spiro atoms. The van der Waals surface area contributed by atoms with Crippen molar-refractivity contribution in [1.29, 1.82) is 0 Å². The minimum atomic E-state index is -3.48. The second-order valence-electron chi connectivity index (χ2n) is 3.16. The lowest BCUT2D eigenvalue weighted by atomic mass is 10.2. The van der Waals surface area contributed by atoms with Crippen molar-refractivity contribution in [2.24, 2.45) is 0 Å². The molecule has 1 N–H and O–H groups in total. The SMILES string of the molecule is CNS(=O)(=O)n1cnc(-c2ccccc2)c1. The molecule has 0 saturated heterocycles. The van der Waals surface area contributed by atoms with Crippen LogP contribution in [0.1, 0.15) is 0 Å². The standard InChI is InChI=1S/C10H11N3O2S/c1-11-16(14,15)13-7-10(12-8-13)9-5-3-2-4-6-9/h2-8,11H,1H3. The third-order valence-corrected chi connectivity index (χ3v) is 3.44. The molecule has 0 aliphatic rings. The molecule has 0 unspecified atom stereocenters. The van der Waals surface area contributed by atoms with E-state index in [1.54, 1.807) is 0 Å². The Kier molecular flexibility index (Phi) is 2.76. The number of rotatable bonds is 3. The van der Waals surface area contributed by atoms with Gasteiger partial charge in [0, 0.05) is 18.8 Å². The van der Waals surface area contributed by atoms with E-state index in [-0.39, 0.29) is 0 Å². The van der Waals surface area contributed by atoms with Crippen molar-refractivity contribution in [2.45, 2.75) is 0 Å². The van der Waals surface area contributed by atoms with E-state index in [4.69, 9.17) is 0 Å². The molecule has 1 aromatic heterocycles. The quantitative estimate of drug-likeness (QED) is 0.861. The summed E-state index contributed by atoms with van der Waals surface area (Å²) in [6, 6.07) is 9.39. The highest BCUT2D eigenvalue weighted by Crippen LogP contribution is 2.16. The minimum Gasteiger partial charge on any atom is -0.236 e. The summed E-state index contributed by atoms with van der Waals surface area (Å²) in [5.41, 5.74) is 1.51. The first-order valence-electron chi connectivity index (χ1n) is 4.67. The number of nitrogens with zero attached hydrogens (tertiary/aromatic N) is 2. The van der Waals surface area contributed by atoms with Gasteiger partial charge in [0.1, 0.15) is 6.33 Å². The van der Waals surface area contributed by atoms with Crippen LogP contribution in [-0.2, 0) is 10.2 Å². The first-order chi connectivity index (χ1) is 7.63. The molecule has 0 amide bonds. The van der Waals surface area contributed by atoms with Crippen LogP contribution in [0.2, 0.25) is 0 Å². The van der Waals surface area contributed by atoms with Crippen LogP contribution in [0.3, 0.4) is 0 Å². The predicted octanol–water partition coefficient (Wildman–Crippen LogP) is 0.862. The van der Waals surface area contributed by atoms with E-state index < -0.39 is 10.2 Å². The number of hydrogen-bond donors (Lipinski definition) is 1. The zero-order valence-electron chi connectivity index (χ0n) is 8.66. The first kappa shape index (κ1) is 10.8. The van der Waals surface area contributed by atoms with Gasteiger partial charge in [-0.25, -0.2) is 13.7 Å². The Hall–Kier alpha value is -1.66. The molecule has 0 radical (unpaired) electrons. The van der Waals surface area contributed by atoms with Crippen LogP contribution in [0.25, 0.3) is 11.3 Å². The van der Waals surface area contributed by atoms with E-state index in [0.29, 0.717) is 5.69 Å². The Morgan fingerprint density at radius 2 is 1.94 bits per heavy atom. The largest absolute Gasteiger partial charge is 0.305 e. The topological polar surface area (TPSA) is 64.0 Å². The van der Waals surface area contributed by atoms with Gasteiger partial charge in [0.25, 0.3) is 0 Å². The van der Waals surface area contributed by atoms with Crippen molar-refractivity contribution in [3.63, 3.8) is 0 Å². The molecule has 0 fully saturated rings. The number of aromatic nitrogens is 2. The summed E-state index contributed by atoms with van der Waals surface area (Å²) >= 11 is 0. The van der Waals surface area contributed by atoms with Crippen LogP contribution in [0.5, 0.6) is 0 Å². The molecule has 1 heterocycles. The Labute approximate surface area is 93.9 Å². The van der Waals surface area contributed by atoms with E-state index >= 15 is 0 Å². The summed E-state index contributed by atoms with van der Waals surface area (Å²) in [5.74, 6) is 0. The molecule has 1 aromatic carbocycles. The van der Waals surface area contributed by atoms with E-state index in [9.17, 15) is 8.42 Å². The van der Waals surface area contributed by atoms with Gasteiger partial charge in [-0.2, -0.15) is 8.42 Å². The summed E-state index contributed by atoms with van der Waals surface area (Å²) in [4.78, 5) is 4.04. The second kappa shape index (κ2) is 4.07. The smallest absolute Gasteiger partial charge is 0.236 e. The van der Waals surface area contributed by atoms with E-state index in [0.717, 1.165) is 9.54 Å². The monoisotopic (exact) mass is 237 g/mol. The van der Waals surface area contributed by atoms with Gasteiger partial charge in [0.15, 0.2) is 0 Å². The van der Waals surface area contributed by atoms with Crippen LogP contribution in [-0.4, -0.2) is 24.4 Å². The van der Waals surface area contributed by atoms with Crippen LogP contribution < -0.4 is 4.72 Å². The molecule has 0 saturated carbocycles. The molecule has 5 nitrogen and oxygen atoms in total. The highest BCUT2D eigenvalue weighted by atomic mass is 32.2. The van der Waals surface area contributed by atoms with Gasteiger partial charge in [-0.15, -0.1) is 0 Å².